The monoisotopic (exact) mass is 593 g/mol. The van der Waals surface area contributed by atoms with Gasteiger partial charge in [-0.15, -0.1) is 0 Å². The Bertz CT molecular complexity index is 1730. The number of carbonyl (C=O) groups is 2. The Morgan fingerprint density at radius 3 is 2.28 bits per heavy atom. The summed E-state index contributed by atoms with van der Waals surface area (Å²) in [6.07, 6.45) is 0. The van der Waals surface area contributed by atoms with Crippen molar-refractivity contribution < 1.29 is 18.7 Å². The Labute approximate surface area is 254 Å². The maximum atomic E-state index is 14.2. The van der Waals surface area contributed by atoms with E-state index >= 15 is 0 Å². The SMILES string of the molecule is NCc1cccc(Oc2cc(Cl)ccc2N(CC(=O)NCc2ccccc2F)C(=O)c2ccc(-c3ccccc3)cc2)c1. The van der Waals surface area contributed by atoms with Gasteiger partial charge in [0.1, 0.15) is 18.1 Å². The van der Waals surface area contributed by atoms with Crippen LogP contribution in [0, 0.1) is 5.82 Å². The number of nitrogens with one attached hydrogen (secondary N) is 1. The molecule has 8 heteroatoms. The van der Waals surface area contributed by atoms with Crippen LogP contribution in [0.25, 0.3) is 11.1 Å². The van der Waals surface area contributed by atoms with Crippen molar-refractivity contribution in [2.24, 2.45) is 5.73 Å². The third kappa shape index (κ3) is 7.46. The molecule has 0 aromatic heterocycles. The molecular formula is C35H29ClFN3O3. The molecule has 6 nitrogen and oxygen atoms in total. The van der Waals surface area contributed by atoms with Crippen molar-refractivity contribution in [3.63, 3.8) is 0 Å². The minimum absolute atomic E-state index is 0.0326. The van der Waals surface area contributed by atoms with Crippen LogP contribution in [0.1, 0.15) is 21.5 Å². The molecule has 2 amide bonds. The lowest BCUT2D eigenvalue weighted by atomic mass is 10.0. The predicted molar refractivity (Wildman–Crippen MR) is 168 cm³/mol. The Kier molecular flexibility index (Phi) is 9.46. The number of nitrogens with two attached hydrogens (primary N) is 1. The fraction of sp³-hybridized carbons (Fsp3) is 0.0857. The van der Waals surface area contributed by atoms with Crippen molar-refractivity contribution in [1.29, 1.82) is 0 Å². The summed E-state index contributed by atoms with van der Waals surface area (Å²) in [7, 11) is 0. The molecule has 0 heterocycles. The molecule has 0 radical (unpaired) electrons. The second-order valence-corrected chi connectivity index (χ2v) is 10.2. The molecule has 0 atom stereocenters. The van der Waals surface area contributed by atoms with Gasteiger partial charge in [0.15, 0.2) is 5.75 Å². The third-order valence-electron chi connectivity index (χ3n) is 6.79. The maximum Gasteiger partial charge on any atom is 0.258 e. The van der Waals surface area contributed by atoms with Crippen LogP contribution in [0.2, 0.25) is 5.02 Å². The molecule has 5 rings (SSSR count). The van der Waals surface area contributed by atoms with E-state index < -0.39 is 17.6 Å². The quantitative estimate of drug-likeness (QED) is 0.177. The zero-order valence-electron chi connectivity index (χ0n) is 23.2. The molecule has 0 spiro atoms. The zero-order chi connectivity index (χ0) is 30.2. The highest BCUT2D eigenvalue weighted by molar-refractivity contribution is 6.31. The lowest BCUT2D eigenvalue weighted by Gasteiger charge is -2.25. The minimum Gasteiger partial charge on any atom is -0.455 e. The van der Waals surface area contributed by atoms with E-state index in [0.29, 0.717) is 34.1 Å². The lowest BCUT2D eigenvalue weighted by Crippen LogP contribution is -2.41. The molecule has 43 heavy (non-hydrogen) atoms. The van der Waals surface area contributed by atoms with Crippen molar-refractivity contribution in [2.45, 2.75) is 13.1 Å². The number of rotatable bonds is 10. The highest BCUT2D eigenvalue weighted by atomic mass is 35.5. The van der Waals surface area contributed by atoms with Crippen molar-refractivity contribution in [2.75, 3.05) is 11.4 Å². The van der Waals surface area contributed by atoms with Crippen LogP contribution in [-0.4, -0.2) is 18.4 Å². The fourth-order valence-electron chi connectivity index (χ4n) is 4.55. The summed E-state index contributed by atoms with van der Waals surface area (Å²) in [5.74, 6) is -0.567. The highest BCUT2D eigenvalue weighted by Crippen LogP contribution is 2.36. The number of nitrogens with zero attached hydrogens (tertiary/aromatic N) is 1. The van der Waals surface area contributed by atoms with Gasteiger partial charge >= 0.3 is 0 Å². The summed E-state index contributed by atoms with van der Waals surface area (Å²) < 4.78 is 20.4. The zero-order valence-corrected chi connectivity index (χ0v) is 23.9. The minimum atomic E-state index is -0.483. The summed E-state index contributed by atoms with van der Waals surface area (Å²) in [4.78, 5) is 28.6. The van der Waals surface area contributed by atoms with E-state index in [1.807, 2.05) is 54.6 Å². The van der Waals surface area contributed by atoms with Gasteiger partial charge < -0.3 is 15.8 Å². The number of amides is 2. The average molecular weight is 594 g/mol. The molecule has 0 aliphatic heterocycles. The molecule has 5 aromatic rings. The Morgan fingerprint density at radius 1 is 0.814 bits per heavy atom. The van der Waals surface area contributed by atoms with Gasteiger partial charge in [0.25, 0.3) is 5.91 Å². The number of halogens is 2. The van der Waals surface area contributed by atoms with E-state index in [1.165, 1.54) is 11.0 Å². The number of hydrogen-bond acceptors (Lipinski definition) is 4. The molecule has 3 N–H and O–H groups in total. The number of anilines is 1. The molecule has 0 bridgehead atoms. The summed E-state index contributed by atoms with van der Waals surface area (Å²) in [6, 6.07) is 35.2. The summed E-state index contributed by atoms with van der Waals surface area (Å²) in [6.45, 7) is -0.0604. The van der Waals surface area contributed by atoms with E-state index in [-0.39, 0.29) is 18.8 Å². The molecule has 216 valence electrons. The van der Waals surface area contributed by atoms with Gasteiger partial charge in [-0.2, -0.15) is 0 Å². The smallest absolute Gasteiger partial charge is 0.258 e. The predicted octanol–water partition coefficient (Wildman–Crippen LogP) is 7.36. The molecule has 0 saturated carbocycles. The van der Waals surface area contributed by atoms with Gasteiger partial charge in [-0.25, -0.2) is 4.39 Å². The van der Waals surface area contributed by atoms with E-state index in [1.54, 1.807) is 60.7 Å². The summed E-state index contributed by atoms with van der Waals surface area (Å²) in [5.41, 5.74) is 9.66. The number of ether oxygens (including phenoxy) is 1. The molecule has 0 aliphatic carbocycles. The normalized spacial score (nSPS) is 10.7. The standard InChI is InChI=1S/C35H29ClFN3O3/c36-29-17-18-32(33(20-29)43-30-11-6-7-24(19-30)21-38)40(23-34(41)39-22-28-10-4-5-12-31(28)37)35(42)27-15-13-26(14-16-27)25-8-2-1-3-9-25/h1-20H,21-23,38H2,(H,39,41). The maximum absolute atomic E-state index is 14.2. The number of hydrogen-bond donors (Lipinski definition) is 2. The largest absolute Gasteiger partial charge is 0.455 e. The Balaban J connectivity index is 1.47. The fourth-order valence-corrected chi connectivity index (χ4v) is 4.71. The first-order valence-electron chi connectivity index (χ1n) is 13.6. The van der Waals surface area contributed by atoms with Crippen molar-refractivity contribution in [3.05, 3.63) is 149 Å². The molecule has 5 aromatic carbocycles. The van der Waals surface area contributed by atoms with E-state index in [0.717, 1.165) is 16.7 Å². The second kappa shape index (κ2) is 13.8. The van der Waals surface area contributed by atoms with Crippen LogP contribution in [0.5, 0.6) is 11.5 Å². The Hall–Kier alpha value is -4.98. The first-order chi connectivity index (χ1) is 20.9. The highest BCUT2D eigenvalue weighted by Gasteiger charge is 2.25. The molecule has 0 unspecified atom stereocenters. The van der Waals surface area contributed by atoms with E-state index in [2.05, 4.69) is 5.32 Å². The first kappa shape index (κ1) is 29.5. The van der Waals surface area contributed by atoms with Gasteiger partial charge in [-0.1, -0.05) is 84.4 Å². The van der Waals surface area contributed by atoms with Crippen LogP contribution < -0.4 is 20.7 Å². The molecule has 0 saturated heterocycles. The van der Waals surface area contributed by atoms with Crippen molar-refractivity contribution in [3.8, 4) is 22.6 Å². The molecular weight excluding hydrogens is 565 g/mol. The van der Waals surface area contributed by atoms with Gasteiger partial charge in [0.05, 0.1) is 5.69 Å². The van der Waals surface area contributed by atoms with Crippen LogP contribution in [-0.2, 0) is 17.9 Å². The van der Waals surface area contributed by atoms with E-state index in [9.17, 15) is 14.0 Å². The first-order valence-corrected chi connectivity index (χ1v) is 14.0. The number of carbonyl (C=O) groups excluding carboxylic acids is 2. The van der Waals surface area contributed by atoms with E-state index in [4.69, 9.17) is 22.1 Å². The topological polar surface area (TPSA) is 84.7 Å². The third-order valence-corrected chi connectivity index (χ3v) is 7.03. The molecule has 0 aliphatic rings. The average Bonchev–Trinajstić information content (AvgIpc) is 3.04. The summed E-state index contributed by atoms with van der Waals surface area (Å²) >= 11 is 6.34. The van der Waals surface area contributed by atoms with Gasteiger partial charge in [-0.3, -0.25) is 14.5 Å². The van der Waals surface area contributed by atoms with Gasteiger partial charge in [0.2, 0.25) is 5.91 Å². The van der Waals surface area contributed by atoms with Crippen LogP contribution in [0.4, 0.5) is 10.1 Å². The van der Waals surface area contributed by atoms with Crippen LogP contribution in [0.3, 0.4) is 0 Å². The van der Waals surface area contributed by atoms with Crippen LogP contribution in [0.15, 0.2) is 121 Å². The summed E-state index contributed by atoms with van der Waals surface area (Å²) in [5, 5.41) is 3.11. The van der Waals surface area contributed by atoms with Crippen LogP contribution >= 0.6 is 11.6 Å². The Morgan fingerprint density at radius 2 is 1.53 bits per heavy atom. The van der Waals surface area contributed by atoms with Crippen molar-refractivity contribution in [1.82, 2.24) is 5.32 Å². The lowest BCUT2D eigenvalue weighted by molar-refractivity contribution is -0.119. The van der Waals surface area contributed by atoms with Gasteiger partial charge in [-0.05, 0) is 59.2 Å². The molecule has 0 fully saturated rings. The number of benzene rings is 5. The van der Waals surface area contributed by atoms with Crippen molar-refractivity contribution >= 4 is 29.1 Å². The second-order valence-electron chi connectivity index (χ2n) is 9.77. The van der Waals surface area contributed by atoms with Gasteiger partial charge in [0, 0.05) is 35.3 Å².